The van der Waals surface area contributed by atoms with E-state index in [4.69, 9.17) is 5.11 Å². The predicted octanol–water partition coefficient (Wildman–Crippen LogP) is 2.72. The SMILES string of the molecule is Cc1cccc(CN(C)Cc2cccnc2C(=O)O)c1. The minimum Gasteiger partial charge on any atom is -0.477 e. The molecule has 0 radical (unpaired) electrons. The number of pyridine rings is 1. The van der Waals surface area contributed by atoms with Crippen molar-refractivity contribution in [1.29, 1.82) is 0 Å². The molecule has 1 aromatic carbocycles. The number of nitrogens with zero attached hydrogens (tertiary/aromatic N) is 2. The largest absolute Gasteiger partial charge is 0.477 e. The van der Waals surface area contributed by atoms with Crippen LogP contribution in [0.25, 0.3) is 0 Å². The van der Waals surface area contributed by atoms with Gasteiger partial charge < -0.3 is 5.11 Å². The maximum Gasteiger partial charge on any atom is 0.354 e. The molecule has 1 N–H and O–H groups in total. The number of carboxylic acid groups (broad SMARTS) is 1. The van der Waals surface area contributed by atoms with Crippen LogP contribution >= 0.6 is 0 Å². The van der Waals surface area contributed by atoms with Gasteiger partial charge in [-0.05, 0) is 31.2 Å². The van der Waals surface area contributed by atoms with E-state index in [0.29, 0.717) is 6.54 Å². The fraction of sp³-hybridized carbons (Fsp3) is 0.250. The number of carboxylic acids is 1. The summed E-state index contributed by atoms with van der Waals surface area (Å²) in [7, 11) is 1.97. The molecule has 0 saturated heterocycles. The van der Waals surface area contributed by atoms with Gasteiger partial charge in [0, 0.05) is 19.3 Å². The lowest BCUT2D eigenvalue weighted by Crippen LogP contribution is -2.19. The third-order valence-electron chi connectivity index (χ3n) is 3.07. The smallest absolute Gasteiger partial charge is 0.354 e. The second-order valence-electron chi connectivity index (χ2n) is 4.98. The molecule has 0 amide bonds. The minimum absolute atomic E-state index is 0.128. The average molecular weight is 270 g/mol. The van der Waals surface area contributed by atoms with Crippen LogP contribution in [0.2, 0.25) is 0 Å². The van der Waals surface area contributed by atoms with Crippen molar-refractivity contribution >= 4 is 5.97 Å². The molecule has 0 fully saturated rings. The van der Waals surface area contributed by atoms with Crippen LogP contribution in [0.3, 0.4) is 0 Å². The van der Waals surface area contributed by atoms with Gasteiger partial charge in [0.25, 0.3) is 0 Å². The van der Waals surface area contributed by atoms with Crippen molar-refractivity contribution in [2.24, 2.45) is 0 Å². The summed E-state index contributed by atoms with van der Waals surface area (Å²) in [5.74, 6) is -0.982. The zero-order chi connectivity index (χ0) is 14.5. The summed E-state index contributed by atoms with van der Waals surface area (Å²) >= 11 is 0. The maximum absolute atomic E-state index is 11.1. The Morgan fingerprint density at radius 2 is 2.05 bits per heavy atom. The Bertz CT molecular complexity index is 611. The summed E-state index contributed by atoms with van der Waals surface area (Å²) in [6, 6.07) is 11.9. The molecule has 1 heterocycles. The number of aromatic carboxylic acids is 1. The van der Waals surface area contributed by atoms with Gasteiger partial charge in [-0.3, -0.25) is 4.90 Å². The van der Waals surface area contributed by atoms with Crippen molar-refractivity contribution in [3.05, 3.63) is 65.0 Å². The Kier molecular flexibility index (Phi) is 4.48. The Labute approximate surface area is 118 Å². The van der Waals surface area contributed by atoms with Gasteiger partial charge in [0.1, 0.15) is 0 Å². The fourth-order valence-electron chi connectivity index (χ4n) is 2.23. The fourth-order valence-corrected chi connectivity index (χ4v) is 2.23. The lowest BCUT2D eigenvalue weighted by Gasteiger charge is -2.17. The van der Waals surface area contributed by atoms with Gasteiger partial charge in [0.2, 0.25) is 0 Å². The Morgan fingerprint density at radius 3 is 2.75 bits per heavy atom. The van der Waals surface area contributed by atoms with Crippen molar-refractivity contribution in [1.82, 2.24) is 9.88 Å². The summed E-state index contributed by atoms with van der Waals surface area (Å²) in [6.07, 6.45) is 1.51. The first-order valence-electron chi connectivity index (χ1n) is 6.47. The van der Waals surface area contributed by atoms with Gasteiger partial charge >= 0.3 is 5.97 Å². The molecular formula is C16H18N2O2. The standard InChI is InChI=1S/C16H18N2O2/c1-12-5-3-6-13(9-12)10-18(2)11-14-7-4-8-17-15(14)16(19)20/h3-9H,10-11H2,1-2H3,(H,19,20). The normalized spacial score (nSPS) is 10.8. The van der Waals surface area contributed by atoms with Gasteiger partial charge in [0.15, 0.2) is 5.69 Å². The summed E-state index contributed by atoms with van der Waals surface area (Å²) < 4.78 is 0. The lowest BCUT2D eigenvalue weighted by atomic mass is 10.1. The number of rotatable bonds is 5. The molecule has 0 aliphatic rings. The molecule has 0 unspecified atom stereocenters. The van der Waals surface area contributed by atoms with E-state index in [1.807, 2.05) is 19.2 Å². The molecule has 0 atom stereocenters. The number of hydrogen-bond donors (Lipinski definition) is 1. The van der Waals surface area contributed by atoms with Crippen molar-refractivity contribution in [3.8, 4) is 0 Å². The van der Waals surface area contributed by atoms with Crippen molar-refractivity contribution in [2.45, 2.75) is 20.0 Å². The molecule has 4 nitrogen and oxygen atoms in total. The highest BCUT2D eigenvalue weighted by atomic mass is 16.4. The first kappa shape index (κ1) is 14.2. The molecule has 2 rings (SSSR count). The van der Waals surface area contributed by atoms with E-state index >= 15 is 0 Å². The molecule has 0 aliphatic heterocycles. The topological polar surface area (TPSA) is 53.4 Å². The summed E-state index contributed by atoms with van der Waals surface area (Å²) in [5, 5.41) is 9.12. The molecule has 2 aromatic rings. The van der Waals surface area contributed by atoms with Crippen molar-refractivity contribution in [2.75, 3.05) is 7.05 Å². The lowest BCUT2D eigenvalue weighted by molar-refractivity contribution is 0.0688. The van der Waals surface area contributed by atoms with Crippen LogP contribution in [-0.2, 0) is 13.1 Å². The molecule has 0 saturated carbocycles. The monoisotopic (exact) mass is 270 g/mol. The van der Waals surface area contributed by atoms with Gasteiger partial charge in [-0.1, -0.05) is 35.9 Å². The first-order chi connectivity index (χ1) is 9.56. The van der Waals surface area contributed by atoms with Crippen molar-refractivity contribution < 1.29 is 9.90 Å². The summed E-state index contributed by atoms with van der Waals surface area (Å²) in [6.45, 7) is 3.40. The van der Waals surface area contributed by atoms with Crippen LogP contribution in [-0.4, -0.2) is 28.0 Å². The van der Waals surface area contributed by atoms with E-state index in [2.05, 4.69) is 35.0 Å². The third-order valence-corrected chi connectivity index (χ3v) is 3.07. The Balaban J connectivity index is 2.08. The number of carbonyl (C=O) groups is 1. The van der Waals surface area contributed by atoms with E-state index in [1.54, 1.807) is 6.07 Å². The number of hydrogen-bond acceptors (Lipinski definition) is 3. The third kappa shape index (κ3) is 3.65. The zero-order valence-corrected chi connectivity index (χ0v) is 11.7. The molecule has 4 heteroatoms. The highest BCUT2D eigenvalue weighted by Crippen LogP contribution is 2.12. The van der Waals surface area contributed by atoms with E-state index < -0.39 is 5.97 Å². The number of aryl methyl sites for hydroxylation is 1. The zero-order valence-electron chi connectivity index (χ0n) is 11.7. The van der Waals surface area contributed by atoms with Crippen LogP contribution in [0, 0.1) is 6.92 Å². The van der Waals surface area contributed by atoms with E-state index in [9.17, 15) is 4.79 Å². The van der Waals surface area contributed by atoms with Gasteiger partial charge in [0.05, 0.1) is 0 Å². The quantitative estimate of drug-likeness (QED) is 0.907. The first-order valence-corrected chi connectivity index (χ1v) is 6.47. The van der Waals surface area contributed by atoms with Crippen LogP contribution in [0.5, 0.6) is 0 Å². The summed E-state index contributed by atoms with van der Waals surface area (Å²) in [4.78, 5) is 17.1. The van der Waals surface area contributed by atoms with Crippen LogP contribution in [0.4, 0.5) is 0 Å². The molecule has 0 aliphatic carbocycles. The molecule has 0 bridgehead atoms. The maximum atomic E-state index is 11.1. The molecule has 1 aromatic heterocycles. The molecule has 0 spiro atoms. The molecule has 20 heavy (non-hydrogen) atoms. The Morgan fingerprint density at radius 1 is 1.25 bits per heavy atom. The number of aromatic nitrogens is 1. The highest BCUT2D eigenvalue weighted by Gasteiger charge is 2.12. The Hall–Kier alpha value is -2.20. The second-order valence-corrected chi connectivity index (χ2v) is 4.98. The second kappa shape index (κ2) is 6.30. The van der Waals surface area contributed by atoms with Gasteiger partial charge in [-0.15, -0.1) is 0 Å². The van der Waals surface area contributed by atoms with Crippen LogP contribution in [0.1, 0.15) is 27.2 Å². The predicted molar refractivity (Wildman–Crippen MR) is 77.5 cm³/mol. The van der Waals surface area contributed by atoms with Gasteiger partial charge in [-0.25, -0.2) is 9.78 Å². The average Bonchev–Trinajstić information content (AvgIpc) is 2.38. The van der Waals surface area contributed by atoms with Crippen LogP contribution < -0.4 is 0 Å². The van der Waals surface area contributed by atoms with Gasteiger partial charge in [-0.2, -0.15) is 0 Å². The highest BCUT2D eigenvalue weighted by molar-refractivity contribution is 5.86. The minimum atomic E-state index is -0.982. The molecular weight excluding hydrogens is 252 g/mol. The number of benzene rings is 1. The summed E-state index contributed by atoms with van der Waals surface area (Å²) in [5.41, 5.74) is 3.30. The van der Waals surface area contributed by atoms with Crippen molar-refractivity contribution in [3.63, 3.8) is 0 Å². The van der Waals surface area contributed by atoms with E-state index in [0.717, 1.165) is 12.1 Å². The van der Waals surface area contributed by atoms with E-state index in [-0.39, 0.29) is 5.69 Å². The van der Waals surface area contributed by atoms with E-state index in [1.165, 1.54) is 17.3 Å². The molecule has 104 valence electrons. The van der Waals surface area contributed by atoms with Crippen LogP contribution in [0.15, 0.2) is 42.6 Å².